The summed E-state index contributed by atoms with van der Waals surface area (Å²) in [7, 11) is 0. The van der Waals surface area contributed by atoms with Gasteiger partial charge in [0.15, 0.2) is 0 Å². The number of anilines is 1. The average Bonchev–Trinajstić information content (AvgIpc) is 2.82. The number of nitrogens with two attached hydrogens (primary N) is 1. The summed E-state index contributed by atoms with van der Waals surface area (Å²) in [5.74, 6) is 0.707. The van der Waals surface area contributed by atoms with Gasteiger partial charge in [0.1, 0.15) is 5.75 Å². The molecule has 0 spiro atoms. The van der Waals surface area contributed by atoms with E-state index in [0.717, 1.165) is 18.5 Å². The van der Waals surface area contributed by atoms with E-state index in [2.05, 4.69) is 23.1 Å². The molecule has 0 radical (unpaired) electrons. The molecule has 2 aromatic rings. The minimum Gasteiger partial charge on any atom is -0.508 e. The number of fused-ring (bicyclic) bond motifs is 1. The molecule has 110 valence electrons. The topological polar surface area (TPSA) is 49.5 Å². The summed E-state index contributed by atoms with van der Waals surface area (Å²) in [6.07, 6.45) is 0.974. The predicted molar refractivity (Wildman–Crippen MR) is 87.0 cm³/mol. The first-order valence-electron chi connectivity index (χ1n) is 7.21. The summed E-state index contributed by atoms with van der Waals surface area (Å²) in [6.45, 7) is 2.22. The Kier molecular flexibility index (Phi) is 4.04. The van der Waals surface area contributed by atoms with Gasteiger partial charge >= 0.3 is 0 Å². The third-order valence-electron chi connectivity index (χ3n) is 4.12. The van der Waals surface area contributed by atoms with Crippen LogP contribution in [0.15, 0.2) is 42.5 Å². The monoisotopic (exact) mass is 302 g/mol. The van der Waals surface area contributed by atoms with Gasteiger partial charge in [0, 0.05) is 35.3 Å². The second-order valence-electron chi connectivity index (χ2n) is 5.45. The third-order valence-corrected chi connectivity index (χ3v) is 4.47. The van der Waals surface area contributed by atoms with E-state index in [9.17, 15) is 5.11 Å². The molecule has 3 rings (SSSR count). The predicted octanol–water partition coefficient (Wildman–Crippen LogP) is 3.50. The van der Waals surface area contributed by atoms with Crippen molar-refractivity contribution in [3.05, 3.63) is 58.6 Å². The van der Waals surface area contributed by atoms with E-state index in [-0.39, 0.29) is 5.75 Å². The molecule has 0 aliphatic carbocycles. The number of hydrogen-bond donors (Lipinski definition) is 2. The van der Waals surface area contributed by atoms with Crippen LogP contribution < -0.4 is 10.6 Å². The van der Waals surface area contributed by atoms with Crippen molar-refractivity contribution in [2.24, 2.45) is 5.73 Å². The lowest BCUT2D eigenvalue weighted by Gasteiger charge is -2.21. The molecule has 21 heavy (non-hydrogen) atoms. The van der Waals surface area contributed by atoms with E-state index in [1.807, 2.05) is 12.1 Å². The quantitative estimate of drug-likeness (QED) is 0.909. The average molecular weight is 303 g/mol. The molecular weight excluding hydrogens is 284 g/mol. The largest absolute Gasteiger partial charge is 0.508 e. The van der Waals surface area contributed by atoms with Crippen LogP contribution in [0.3, 0.4) is 0 Å². The Morgan fingerprint density at radius 1 is 1.19 bits per heavy atom. The number of para-hydroxylation sites is 1. The van der Waals surface area contributed by atoms with Gasteiger partial charge in [-0.15, -0.1) is 0 Å². The molecule has 0 saturated heterocycles. The normalized spacial score (nSPS) is 17.0. The van der Waals surface area contributed by atoms with Crippen LogP contribution in [0.2, 0.25) is 5.02 Å². The second kappa shape index (κ2) is 5.96. The zero-order chi connectivity index (χ0) is 14.8. The fraction of sp³-hybridized carbons (Fsp3) is 0.294. The summed E-state index contributed by atoms with van der Waals surface area (Å²) in [5, 5.41) is 10.6. The molecule has 1 unspecified atom stereocenters. The van der Waals surface area contributed by atoms with E-state index in [4.69, 9.17) is 17.3 Å². The van der Waals surface area contributed by atoms with Crippen LogP contribution in [0.5, 0.6) is 5.75 Å². The standard InChI is InChI=1S/C17H19ClN2O/c18-15-5-3-7-17(21)14(15)11-20-10-12(8-9-19)13-4-1-2-6-16(13)20/h1-7,12,21H,8-11,19H2. The Labute approximate surface area is 130 Å². The van der Waals surface area contributed by atoms with Gasteiger partial charge in [0.25, 0.3) is 0 Å². The van der Waals surface area contributed by atoms with Crippen molar-refractivity contribution in [3.8, 4) is 5.75 Å². The molecule has 1 atom stereocenters. The Hall–Kier alpha value is -1.71. The molecule has 0 aromatic heterocycles. The molecular formula is C17H19ClN2O. The molecule has 4 heteroatoms. The van der Waals surface area contributed by atoms with Crippen LogP contribution in [-0.2, 0) is 6.54 Å². The lowest BCUT2D eigenvalue weighted by Crippen LogP contribution is -2.22. The lowest BCUT2D eigenvalue weighted by atomic mass is 9.98. The summed E-state index contributed by atoms with van der Waals surface area (Å²) in [4.78, 5) is 2.27. The molecule has 3 nitrogen and oxygen atoms in total. The van der Waals surface area contributed by atoms with Crippen molar-refractivity contribution in [2.45, 2.75) is 18.9 Å². The molecule has 3 N–H and O–H groups in total. The maximum Gasteiger partial charge on any atom is 0.122 e. The minimum atomic E-state index is 0.252. The maximum absolute atomic E-state index is 10.0. The first kappa shape index (κ1) is 14.2. The summed E-state index contributed by atoms with van der Waals surface area (Å²) >= 11 is 6.23. The van der Waals surface area contributed by atoms with E-state index in [1.54, 1.807) is 12.1 Å². The van der Waals surface area contributed by atoms with Gasteiger partial charge < -0.3 is 15.7 Å². The molecule has 1 aliphatic heterocycles. The van der Waals surface area contributed by atoms with Gasteiger partial charge in [-0.1, -0.05) is 35.9 Å². The van der Waals surface area contributed by atoms with Crippen molar-refractivity contribution in [1.29, 1.82) is 0 Å². The molecule has 0 saturated carbocycles. The zero-order valence-electron chi connectivity index (χ0n) is 11.8. The fourth-order valence-corrected chi connectivity index (χ4v) is 3.31. The number of phenols is 1. The van der Waals surface area contributed by atoms with Crippen molar-refractivity contribution in [1.82, 2.24) is 0 Å². The third kappa shape index (κ3) is 2.71. The van der Waals surface area contributed by atoms with E-state index >= 15 is 0 Å². The lowest BCUT2D eigenvalue weighted by molar-refractivity contribution is 0.467. The fourth-order valence-electron chi connectivity index (χ4n) is 3.08. The SMILES string of the molecule is NCCC1CN(Cc2c(O)cccc2Cl)c2ccccc21. The van der Waals surface area contributed by atoms with Crippen molar-refractivity contribution < 1.29 is 5.11 Å². The Morgan fingerprint density at radius 3 is 2.76 bits per heavy atom. The van der Waals surface area contributed by atoms with Crippen LogP contribution in [0.4, 0.5) is 5.69 Å². The molecule has 0 fully saturated rings. The van der Waals surface area contributed by atoms with Crippen LogP contribution in [0.1, 0.15) is 23.5 Å². The smallest absolute Gasteiger partial charge is 0.122 e. The maximum atomic E-state index is 10.0. The number of aromatic hydroxyl groups is 1. The number of benzene rings is 2. The van der Waals surface area contributed by atoms with Gasteiger partial charge in [-0.05, 0) is 36.7 Å². The number of hydrogen-bond acceptors (Lipinski definition) is 3. The molecule has 0 bridgehead atoms. The number of phenolic OH excluding ortho intramolecular Hbond substituents is 1. The summed E-state index contributed by atoms with van der Waals surface area (Å²) in [6, 6.07) is 13.7. The Bertz CT molecular complexity index is 624. The van der Waals surface area contributed by atoms with Crippen molar-refractivity contribution >= 4 is 17.3 Å². The van der Waals surface area contributed by atoms with Gasteiger partial charge in [-0.2, -0.15) is 0 Å². The summed E-state index contributed by atoms with van der Waals surface area (Å²) < 4.78 is 0. The van der Waals surface area contributed by atoms with Crippen LogP contribution in [0, 0.1) is 0 Å². The van der Waals surface area contributed by atoms with E-state index in [0.29, 0.717) is 24.0 Å². The van der Waals surface area contributed by atoms with E-state index < -0.39 is 0 Å². The Morgan fingerprint density at radius 2 is 2.00 bits per heavy atom. The molecule has 1 aliphatic rings. The Balaban J connectivity index is 1.90. The van der Waals surface area contributed by atoms with Crippen LogP contribution >= 0.6 is 11.6 Å². The highest BCUT2D eigenvalue weighted by atomic mass is 35.5. The molecule has 0 amide bonds. The summed E-state index contributed by atoms with van der Waals surface area (Å²) in [5.41, 5.74) is 9.07. The van der Waals surface area contributed by atoms with Gasteiger partial charge in [-0.3, -0.25) is 0 Å². The van der Waals surface area contributed by atoms with Gasteiger partial charge in [-0.25, -0.2) is 0 Å². The molecule has 1 heterocycles. The first-order chi connectivity index (χ1) is 10.2. The van der Waals surface area contributed by atoms with Crippen LogP contribution in [-0.4, -0.2) is 18.2 Å². The highest BCUT2D eigenvalue weighted by Gasteiger charge is 2.28. The van der Waals surface area contributed by atoms with Crippen molar-refractivity contribution in [3.63, 3.8) is 0 Å². The number of halogens is 1. The van der Waals surface area contributed by atoms with Gasteiger partial charge in [0.2, 0.25) is 0 Å². The minimum absolute atomic E-state index is 0.252. The second-order valence-corrected chi connectivity index (χ2v) is 5.86. The highest BCUT2D eigenvalue weighted by molar-refractivity contribution is 6.31. The van der Waals surface area contributed by atoms with Crippen molar-refractivity contribution in [2.75, 3.05) is 18.0 Å². The molecule has 2 aromatic carbocycles. The van der Waals surface area contributed by atoms with E-state index in [1.165, 1.54) is 11.3 Å². The zero-order valence-corrected chi connectivity index (χ0v) is 12.6. The first-order valence-corrected chi connectivity index (χ1v) is 7.58. The highest BCUT2D eigenvalue weighted by Crippen LogP contribution is 2.40. The number of nitrogens with zero attached hydrogens (tertiary/aromatic N) is 1. The van der Waals surface area contributed by atoms with Crippen LogP contribution in [0.25, 0.3) is 0 Å². The van der Waals surface area contributed by atoms with Gasteiger partial charge in [0.05, 0.1) is 0 Å². The number of rotatable bonds is 4.